The van der Waals surface area contributed by atoms with Crippen LogP contribution in [0.25, 0.3) is 17.2 Å². The smallest absolute Gasteiger partial charge is 0.269 e. The van der Waals surface area contributed by atoms with Crippen LogP contribution >= 0.6 is 0 Å². The van der Waals surface area contributed by atoms with E-state index in [1.54, 1.807) is 43.3 Å². The lowest BCUT2D eigenvalue weighted by Crippen LogP contribution is -2.29. The Bertz CT molecular complexity index is 1590. The molecule has 3 aromatic heterocycles. The van der Waals surface area contributed by atoms with Crippen molar-refractivity contribution < 1.29 is 27.1 Å². The van der Waals surface area contributed by atoms with E-state index < -0.39 is 21.1 Å². The van der Waals surface area contributed by atoms with Gasteiger partial charge in [0.05, 0.1) is 31.9 Å². The number of nitrogens with one attached hydrogen (secondary N) is 2. The number of sulfonamides is 1. The molecule has 3 heterocycles. The molecular weight excluding hydrogens is 543 g/mol. The summed E-state index contributed by atoms with van der Waals surface area (Å²) in [6, 6.07) is 9.80. The Morgan fingerprint density at radius 2 is 1.70 bits per heavy atom. The van der Waals surface area contributed by atoms with Crippen molar-refractivity contribution in [2.24, 2.45) is 0 Å². The van der Waals surface area contributed by atoms with Crippen molar-refractivity contribution in [1.82, 2.24) is 35.0 Å². The summed E-state index contributed by atoms with van der Waals surface area (Å²) in [4.78, 5) is 24.6. The standard InChI is InChI=1S/C25H27FN8O5S/c1-5-27-24(35)18-9-6-8-17(30-18)23-31-32-25(34(23)22-19(38-3)10-7-11-20(22)39-4)33-40(36,37)15(2)12-21-28-13-16(26)14-29-21/h6-11,13-15H,5,12H2,1-4H3,(H,27,35)(H,32,33)/t15-/m0/s1. The maximum absolute atomic E-state index is 13.4. The number of pyridine rings is 1. The summed E-state index contributed by atoms with van der Waals surface area (Å²) < 4.78 is 54.9. The highest BCUT2D eigenvalue weighted by molar-refractivity contribution is 7.93. The van der Waals surface area contributed by atoms with Gasteiger partial charge in [0.2, 0.25) is 16.0 Å². The Morgan fingerprint density at radius 1 is 1.05 bits per heavy atom. The fourth-order valence-corrected chi connectivity index (χ4v) is 4.71. The lowest BCUT2D eigenvalue weighted by molar-refractivity contribution is 0.0951. The molecule has 0 saturated carbocycles. The highest BCUT2D eigenvalue weighted by Gasteiger charge is 2.29. The van der Waals surface area contributed by atoms with E-state index in [1.807, 2.05) is 0 Å². The molecule has 2 N–H and O–H groups in total. The van der Waals surface area contributed by atoms with E-state index in [4.69, 9.17) is 9.47 Å². The van der Waals surface area contributed by atoms with Gasteiger partial charge in [-0.2, -0.15) is 0 Å². The first-order valence-corrected chi connectivity index (χ1v) is 13.6. The molecule has 1 atom stereocenters. The van der Waals surface area contributed by atoms with Gasteiger partial charge in [0, 0.05) is 13.0 Å². The lowest BCUT2D eigenvalue weighted by Gasteiger charge is -2.19. The van der Waals surface area contributed by atoms with Gasteiger partial charge in [-0.1, -0.05) is 12.1 Å². The number of hydrogen-bond donors (Lipinski definition) is 2. The minimum absolute atomic E-state index is 0.0925. The molecular formula is C25H27FN8O5S. The molecule has 1 amide bonds. The Labute approximate surface area is 229 Å². The Morgan fingerprint density at radius 3 is 2.33 bits per heavy atom. The fourth-order valence-electron chi connectivity index (χ4n) is 3.76. The molecule has 0 saturated heterocycles. The van der Waals surface area contributed by atoms with Gasteiger partial charge in [0.1, 0.15) is 34.4 Å². The lowest BCUT2D eigenvalue weighted by atomic mass is 10.2. The second-order valence-electron chi connectivity index (χ2n) is 8.44. The maximum Gasteiger partial charge on any atom is 0.269 e. The first kappa shape index (κ1) is 28.4. The van der Waals surface area contributed by atoms with E-state index in [2.05, 4.69) is 35.2 Å². The van der Waals surface area contributed by atoms with E-state index in [-0.39, 0.29) is 41.3 Å². The van der Waals surface area contributed by atoms with Crippen molar-refractivity contribution in [3.05, 3.63) is 66.1 Å². The second kappa shape index (κ2) is 12.0. The number of rotatable bonds is 11. The molecule has 15 heteroatoms. The Balaban J connectivity index is 1.83. The normalized spacial score (nSPS) is 12.0. The van der Waals surface area contributed by atoms with Crippen LogP contribution in [0.15, 0.2) is 48.8 Å². The molecule has 40 heavy (non-hydrogen) atoms. The summed E-state index contributed by atoms with van der Waals surface area (Å²) in [5.74, 6) is -0.283. The van der Waals surface area contributed by atoms with Crippen LogP contribution in [-0.4, -0.2) is 70.1 Å². The number of benzene rings is 1. The number of anilines is 1. The summed E-state index contributed by atoms with van der Waals surface area (Å²) in [5, 5.41) is 9.97. The van der Waals surface area contributed by atoms with Gasteiger partial charge in [-0.15, -0.1) is 10.2 Å². The zero-order valence-corrected chi connectivity index (χ0v) is 22.9. The summed E-state index contributed by atoms with van der Waals surface area (Å²) in [7, 11) is -1.20. The molecule has 0 aliphatic rings. The van der Waals surface area contributed by atoms with Crippen molar-refractivity contribution in [3.63, 3.8) is 0 Å². The SMILES string of the molecule is CCNC(=O)c1cccc(-c2nnc(NS(=O)(=O)[C@@H](C)Cc3ncc(F)cn3)n2-c2c(OC)cccc2OC)n1. The first-order chi connectivity index (χ1) is 19.2. The topological polar surface area (TPSA) is 163 Å². The van der Waals surface area contributed by atoms with E-state index in [0.29, 0.717) is 23.7 Å². The summed E-state index contributed by atoms with van der Waals surface area (Å²) in [5.41, 5.74) is 0.670. The van der Waals surface area contributed by atoms with Crippen LogP contribution in [0.1, 0.15) is 30.2 Å². The number of carbonyl (C=O) groups is 1. The molecule has 13 nitrogen and oxygen atoms in total. The quantitative estimate of drug-likeness (QED) is 0.274. The van der Waals surface area contributed by atoms with Crippen LogP contribution in [0.4, 0.5) is 10.3 Å². The first-order valence-electron chi connectivity index (χ1n) is 12.1. The minimum Gasteiger partial charge on any atom is -0.494 e. The van der Waals surface area contributed by atoms with E-state index >= 15 is 0 Å². The zero-order valence-electron chi connectivity index (χ0n) is 22.1. The molecule has 0 unspecified atom stereocenters. The third-order valence-electron chi connectivity index (χ3n) is 5.74. The molecule has 0 fully saturated rings. The molecule has 0 bridgehead atoms. The number of hydrogen-bond acceptors (Lipinski definition) is 10. The van der Waals surface area contributed by atoms with Gasteiger partial charge < -0.3 is 14.8 Å². The Kier molecular flexibility index (Phi) is 8.52. The van der Waals surface area contributed by atoms with Gasteiger partial charge in [0.25, 0.3) is 5.91 Å². The largest absolute Gasteiger partial charge is 0.494 e. The Hall–Kier alpha value is -4.66. The summed E-state index contributed by atoms with van der Waals surface area (Å²) in [6.07, 6.45) is 1.84. The second-order valence-corrected chi connectivity index (χ2v) is 10.5. The van der Waals surface area contributed by atoms with Gasteiger partial charge in [0.15, 0.2) is 11.6 Å². The molecule has 210 valence electrons. The molecule has 4 aromatic rings. The van der Waals surface area contributed by atoms with Crippen molar-refractivity contribution in [2.45, 2.75) is 25.5 Å². The van der Waals surface area contributed by atoms with Crippen molar-refractivity contribution in [3.8, 4) is 28.7 Å². The number of amides is 1. The van der Waals surface area contributed by atoms with Crippen LogP contribution in [0, 0.1) is 5.82 Å². The van der Waals surface area contributed by atoms with E-state index in [9.17, 15) is 17.6 Å². The number of carbonyl (C=O) groups excluding carboxylic acids is 1. The summed E-state index contributed by atoms with van der Waals surface area (Å²) in [6.45, 7) is 3.65. The van der Waals surface area contributed by atoms with Crippen LogP contribution < -0.4 is 19.5 Å². The monoisotopic (exact) mass is 570 g/mol. The predicted octanol–water partition coefficient (Wildman–Crippen LogP) is 2.40. The molecule has 1 aromatic carbocycles. The van der Waals surface area contributed by atoms with Crippen LogP contribution in [0.2, 0.25) is 0 Å². The fraction of sp³-hybridized carbons (Fsp3) is 0.280. The molecule has 0 aliphatic heterocycles. The third-order valence-corrected chi connectivity index (χ3v) is 7.44. The van der Waals surface area contributed by atoms with Gasteiger partial charge in [-0.3, -0.25) is 14.1 Å². The third kappa shape index (κ3) is 5.98. The number of nitrogens with zero attached hydrogens (tertiary/aromatic N) is 6. The van der Waals surface area contributed by atoms with Crippen LogP contribution in [-0.2, 0) is 16.4 Å². The van der Waals surface area contributed by atoms with Gasteiger partial charge in [-0.25, -0.2) is 27.8 Å². The average Bonchev–Trinajstić information content (AvgIpc) is 3.36. The number of methoxy groups -OCH3 is 2. The summed E-state index contributed by atoms with van der Waals surface area (Å²) >= 11 is 0. The number of para-hydroxylation sites is 1. The molecule has 0 spiro atoms. The number of ether oxygens (including phenoxy) is 2. The van der Waals surface area contributed by atoms with Crippen LogP contribution in [0.5, 0.6) is 11.5 Å². The highest BCUT2D eigenvalue weighted by atomic mass is 32.2. The van der Waals surface area contributed by atoms with E-state index in [1.165, 1.54) is 25.7 Å². The van der Waals surface area contributed by atoms with Gasteiger partial charge >= 0.3 is 0 Å². The molecule has 4 rings (SSSR count). The number of halogens is 1. The zero-order chi connectivity index (χ0) is 28.9. The van der Waals surface area contributed by atoms with E-state index in [0.717, 1.165) is 12.4 Å². The average molecular weight is 571 g/mol. The van der Waals surface area contributed by atoms with Crippen molar-refractivity contribution >= 4 is 21.9 Å². The maximum atomic E-state index is 13.4. The predicted molar refractivity (Wildman–Crippen MR) is 143 cm³/mol. The molecule has 0 radical (unpaired) electrons. The minimum atomic E-state index is -4.10. The van der Waals surface area contributed by atoms with Crippen LogP contribution in [0.3, 0.4) is 0 Å². The van der Waals surface area contributed by atoms with Crippen molar-refractivity contribution in [2.75, 3.05) is 25.5 Å². The molecule has 0 aliphatic carbocycles. The van der Waals surface area contributed by atoms with Crippen molar-refractivity contribution in [1.29, 1.82) is 0 Å². The highest BCUT2D eigenvalue weighted by Crippen LogP contribution is 2.37. The van der Waals surface area contributed by atoms with Gasteiger partial charge in [-0.05, 0) is 38.1 Å². The number of aromatic nitrogens is 6.